The molecule has 1 atom stereocenters. The van der Waals surface area contributed by atoms with E-state index >= 15 is 0 Å². The molecule has 0 spiro atoms. The van der Waals surface area contributed by atoms with Crippen molar-refractivity contribution in [2.24, 2.45) is 5.41 Å². The summed E-state index contributed by atoms with van der Waals surface area (Å²) in [5.41, 5.74) is 1.57. The van der Waals surface area contributed by atoms with Crippen LogP contribution in [0, 0.1) is 5.41 Å². The highest BCUT2D eigenvalue weighted by atomic mass is 16.4. The third kappa shape index (κ3) is 1.82. The number of aliphatic carboxylic acids is 1. The number of rotatable bonds is 2. The van der Waals surface area contributed by atoms with Gasteiger partial charge in [0.15, 0.2) is 0 Å². The molecule has 1 N–H and O–H groups in total. The molecule has 0 heterocycles. The summed E-state index contributed by atoms with van der Waals surface area (Å²) in [4.78, 5) is 11.1. The normalized spacial score (nSPS) is 27.9. The molecule has 0 aromatic heterocycles. The molecule has 0 aliphatic heterocycles. The highest BCUT2D eigenvalue weighted by Gasteiger charge is 2.36. The minimum Gasteiger partial charge on any atom is -0.481 e. The van der Waals surface area contributed by atoms with E-state index in [0.717, 1.165) is 11.1 Å². The highest BCUT2D eigenvalue weighted by molar-refractivity contribution is 5.78. The molecule has 2 heteroatoms. The van der Waals surface area contributed by atoms with E-state index in [1.54, 1.807) is 0 Å². The average molecular weight is 180 g/mol. The Balaban J connectivity index is 3.06. The Bertz CT molecular complexity index is 286. The van der Waals surface area contributed by atoms with Gasteiger partial charge in [-0.1, -0.05) is 30.2 Å². The summed E-state index contributed by atoms with van der Waals surface area (Å²) in [6, 6.07) is 0. The predicted octanol–water partition coefficient (Wildman–Crippen LogP) is 2.76. The van der Waals surface area contributed by atoms with Gasteiger partial charge in [0.2, 0.25) is 0 Å². The van der Waals surface area contributed by atoms with Gasteiger partial charge in [-0.05, 0) is 26.7 Å². The molecule has 13 heavy (non-hydrogen) atoms. The SMILES string of the molecule is CCC1(C(=O)O)C=C(C)C=C(C)C1. The fourth-order valence-corrected chi connectivity index (χ4v) is 1.98. The van der Waals surface area contributed by atoms with Crippen LogP contribution in [0.5, 0.6) is 0 Å². The molecule has 1 aliphatic rings. The molecule has 2 nitrogen and oxygen atoms in total. The zero-order valence-electron chi connectivity index (χ0n) is 8.42. The summed E-state index contributed by atoms with van der Waals surface area (Å²) in [7, 11) is 0. The van der Waals surface area contributed by atoms with Crippen molar-refractivity contribution in [3.05, 3.63) is 23.3 Å². The molecule has 1 unspecified atom stereocenters. The molecular weight excluding hydrogens is 164 g/mol. The minimum absolute atomic E-state index is 0.649. The van der Waals surface area contributed by atoms with Crippen molar-refractivity contribution in [3.63, 3.8) is 0 Å². The summed E-state index contributed by atoms with van der Waals surface area (Å²) in [5.74, 6) is -0.707. The lowest BCUT2D eigenvalue weighted by Gasteiger charge is -2.28. The molecule has 0 radical (unpaired) electrons. The van der Waals surface area contributed by atoms with Crippen LogP contribution < -0.4 is 0 Å². The van der Waals surface area contributed by atoms with E-state index in [2.05, 4.69) is 6.08 Å². The van der Waals surface area contributed by atoms with Crippen molar-refractivity contribution >= 4 is 5.97 Å². The summed E-state index contributed by atoms with van der Waals surface area (Å²) < 4.78 is 0. The van der Waals surface area contributed by atoms with Gasteiger partial charge in [-0.25, -0.2) is 0 Å². The second kappa shape index (κ2) is 3.36. The van der Waals surface area contributed by atoms with Crippen LogP contribution in [-0.4, -0.2) is 11.1 Å². The number of carbonyl (C=O) groups is 1. The van der Waals surface area contributed by atoms with Gasteiger partial charge in [0.25, 0.3) is 0 Å². The first-order chi connectivity index (χ1) is 6.00. The van der Waals surface area contributed by atoms with Crippen molar-refractivity contribution in [1.82, 2.24) is 0 Å². The van der Waals surface area contributed by atoms with Crippen LogP contribution in [0.3, 0.4) is 0 Å². The Kier molecular flexibility index (Phi) is 2.60. The molecule has 72 valence electrons. The average Bonchev–Trinajstić information content (AvgIpc) is 2.02. The van der Waals surface area contributed by atoms with Gasteiger partial charge in [-0.15, -0.1) is 0 Å². The van der Waals surface area contributed by atoms with Gasteiger partial charge in [-0.2, -0.15) is 0 Å². The van der Waals surface area contributed by atoms with E-state index in [0.29, 0.717) is 12.8 Å². The van der Waals surface area contributed by atoms with Gasteiger partial charge >= 0.3 is 5.97 Å². The lowest BCUT2D eigenvalue weighted by Crippen LogP contribution is -2.30. The van der Waals surface area contributed by atoms with Crippen molar-refractivity contribution in [3.8, 4) is 0 Å². The van der Waals surface area contributed by atoms with Crippen molar-refractivity contribution in [2.75, 3.05) is 0 Å². The van der Waals surface area contributed by atoms with Crippen LogP contribution >= 0.6 is 0 Å². The standard InChI is InChI=1S/C11H16O2/c1-4-11(10(12)13)6-8(2)5-9(3)7-11/h5-6H,4,7H2,1-3H3,(H,12,13). The maximum absolute atomic E-state index is 11.1. The Morgan fingerprint density at radius 3 is 2.62 bits per heavy atom. The molecule has 0 fully saturated rings. The van der Waals surface area contributed by atoms with Gasteiger partial charge in [0.1, 0.15) is 0 Å². The Hall–Kier alpha value is -1.05. The molecule has 0 bridgehead atoms. The fraction of sp³-hybridized carbons (Fsp3) is 0.545. The van der Waals surface area contributed by atoms with Crippen molar-refractivity contribution in [1.29, 1.82) is 0 Å². The minimum atomic E-state index is -0.707. The largest absolute Gasteiger partial charge is 0.481 e. The molecule has 0 aromatic rings. The number of carboxylic acids is 1. The van der Waals surface area contributed by atoms with Gasteiger partial charge in [-0.3, -0.25) is 4.79 Å². The van der Waals surface area contributed by atoms with E-state index in [1.807, 2.05) is 26.8 Å². The number of carboxylic acid groups (broad SMARTS) is 1. The molecule has 0 saturated carbocycles. The predicted molar refractivity (Wildman–Crippen MR) is 52.5 cm³/mol. The van der Waals surface area contributed by atoms with E-state index in [1.165, 1.54) is 0 Å². The molecule has 0 amide bonds. The van der Waals surface area contributed by atoms with E-state index < -0.39 is 11.4 Å². The zero-order chi connectivity index (χ0) is 10.1. The smallest absolute Gasteiger partial charge is 0.313 e. The molecule has 0 saturated heterocycles. The van der Waals surface area contributed by atoms with Crippen LogP contribution in [0.1, 0.15) is 33.6 Å². The number of allylic oxidation sites excluding steroid dienone is 3. The lowest BCUT2D eigenvalue weighted by molar-refractivity contribution is -0.146. The Morgan fingerprint density at radius 2 is 2.23 bits per heavy atom. The third-order valence-corrected chi connectivity index (χ3v) is 2.63. The monoisotopic (exact) mass is 180 g/mol. The maximum Gasteiger partial charge on any atom is 0.313 e. The first-order valence-corrected chi connectivity index (χ1v) is 4.60. The van der Waals surface area contributed by atoms with Gasteiger partial charge < -0.3 is 5.11 Å². The third-order valence-electron chi connectivity index (χ3n) is 2.63. The molecular formula is C11H16O2. The number of hydrogen-bond donors (Lipinski definition) is 1. The summed E-state index contributed by atoms with van der Waals surface area (Å²) in [6.45, 7) is 5.87. The van der Waals surface area contributed by atoms with Crippen LogP contribution in [0.4, 0.5) is 0 Å². The lowest BCUT2D eigenvalue weighted by atomic mass is 9.75. The second-order valence-electron chi connectivity index (χ2n) is 3.87. The zero-order valence-corrected chi connectivity index (χ0v) is 8.42. The molecule has 1 aliphatic carbocycles. The highest BCUT2D eigenvalue weighted by Crippen LogP contribution is 2.37. The van der Waals surface area contributed by atoms with Crippen LogP contribution in [-0.2, 0) is 4.79 Å². The molecule has 1 rings (SSSR count). The van der Waals surface area contributed by atoms with Crippen molar-refractivity contribution < 1.29 is 9.90 Å². The summed E-state index contributed by atoms with van der Waals surface area (Å²) in [5, 5.41) is 9.15. The fourth-order valence-electron chi connectivity index (χ4n) is 1.98. The first kappa shape index (κ1) is 10.0. The Labute approximate surface area is 79.0 Å². The number of hydrogen-bond acceptors (Lipinski definition) is 1. The van der Waals surface area contributed by atoms with Crippen LogP contribution in [0.15, 0.2) is 23.3 Å². The van der Waals surface area contributed by atoms with E-state index in [4.69, 9.17) is 5.11 Å². The topological polar surface area (TPSA) is 37.3 Å². The van der Waals surface area contributed by atoms with Gasteiger partial charge in [0, 0.05) is 0 Å². The van der Waals surface area contributed by atoms with Crippen LogP contribution in [0.25, 0.3) is 0 Å². The van der Waals surface area contributed by atoms with Crippen LogP contribution in [0.2, 0.25) is 0 Å². The quantitative estimate of drug-likeness (QED) is 0.709. The van der Waals surface area contributed by atoms with E-state index in [-0.39, 0.29) is 0 Å². The van der Waals surface area contributed by atoms with E-state index in [9.17, 15) is 4.79 Å². The second-order valence-corrected chi connectivity index (χ2v) is 3.87. The van der Waals surface area contributed by atoms with Crippen molar-refractivity contribution in [2.45, 2.75) is 33.6 Å². The first-order valence-electron chi connectivity index (χ1n) is 4.60. The molecule has 0 aromatic carbocycles. The van der Waals surface area contributed by atoms with Gasteiger partial charge in [0.05, 0.1) is 5.41 Å². The Morgan fingerprint density at radius 1 is 1.62 bits per heavy atom. The summed E-state index contributed by atoms with van der Waals surface area (Å²) >= 11 is 0. The maximum atomic E-state index is 11.1. The summed E-state index contributed by atoms with van der Waals surface area (Å²) in [6.07, 6.45) is 5.24.